The highest BCUT2D eigenvalue weighted by Gasteiger charge is 2.19. The summed E-state index contributed by atoms with van der Waals surface area (Å²) < 4.78 is 0. The predicted molar refractivity (Wildman–Crippen MR) is 71.0 cm³/mol. The number of carbonyl (C=O) groups excluding carboxylic acids is 1. The average Bonchev–Trinajstić information content (AvgIpc) is 2.34. The van der Waals surface area contributed by atoms with Crippen LogP contribution < -0.4 is 5.32 Å². The molecular formula is C13H27N3O. The first-order valence-electron chi connectivity index (χ1n) is 6.70. The van der Waals surface area contributed by atoms with E-state index in [9.17, 15) is 4.79 Å². The zero-order chi connectivity index (χ0) is 12.7. The van der Waals surface area contributed by atoms with E-state index in [1.165, 1.54) is 19.3 Å². The molecule has 4 heteroatoms. The maximum absolute atomic E-state index is 11.5. The van der Waals surface area contributed by atoms with Crippen molar-refractivity contribution >= 4 is 5.91 Å². The molecule has 0 bridgehead atoms. The zero-order valence-electron chi connectivity index (χ0n) is 11.5. The van der Waals surface area contributed by atoms with Crippen molar-refractivity contribution in [3.63, 3.8) is 0 Å². The Morgan fingerprint density at radius 3 is 2.53 bits per heavy atom. The van der Waals surface area contributed by atoms with Crippen molar-refractivity contribution in [2.45, 2.75) is 25.7 Å². The van der Waals surface area contributed by atoms with Crippen molar-refractivity contribution in [1.82, 2.24) is 15.1 Å². The van der Waals surface area contributed by atoms with E-state index in [4.69, 9.17) is 0 Å². The lowest BCUT2D eigenvalue weighted by Crippen LogP contribution is -2.37. The minimum Gasteiger partial charge on any atom is -0.349 e. The number of piperidine rings is 1. The van der Waals surface area contributed by atoms with Crippen LogP contribution in [0, 0.1) is 5.92 Å². The second-order valence-electron chi connectivity index (χ2n) is 5.22. The fourth-order valence-corrected chi connectivity index (χ4v) is 2.32. The van der Waals surface area contributed by atoms with Crippen LogP contribution in [0.25, 0.3) is 0 Å². The summed E-state index contributed by atoms with van der Waals surface area (Å²) in [6.45, 7) is 4.38. The Morgan fingerprint density at radius 2 is 2.00 bits per heavy atom. The van der Waals surface area contributed by atoms with Crippen molar-refractivity contribution in [2.24, 2.45) is 5.92 Å². The highest BCUT2D eigenvalue weighted by molar-refractivity contribution is 5.75. The highest BCUT2D eigenvalue weighted by Crippen LogP contribution is 2.19. The van der Waals surface area contributed by atoms with Crippen LogP contribution in [-0.4, -0.2) is 63.0 Å². The molecule has 0 aromatic rings. The maximum Gasteiger partial charge on any atom is 0.223 e. The van der Waals surface area contributed by atoms with E-state index in [0.29, 0.717) is 6.42 Å². The molecule has 1 aliphatic rings. The van der Waals surface area contributed by atoms with Crippen LogP contribution in [-0.2, 0) is 4.79 Å². The molecule has 1 heterocycles. The van der Waals surface area contributed by atoms with Gasteiger partial charge in [-0.05, 0) is 51.9 Å². The number of amides is 1. The molecule has 1 N–H and O–H groups in total. The Hall–Kier alpha value is -0.610. The number of carbonyl (C=O) groups is 1. The van der Waals surface area contributed by atoms with Gasteiger partial charge in [0, 0.05) is 27.1 Å². The van der Waals surface area contributed by atoms with E-state index in [1.807, 2.05) is 21.1 Å². The van der Waals surface area contributed by atoms with Crippen LogP contribution in [0.1, 0.15) is 25.7 Å². The summed E-state index contributed by atoms with van der Waals surface area (Å²) in [4.78, 5) is 15.6. The van der Waals surface area contributed by atoms with E-state index >= 15 is 0 Å². The maximum atomic E-state index is 11.5. The molecule has 1 amide bonds. The van der Waals surface area contributed by atoms with Crippen molar-refractivity contribution in [2.75, 3.05) is 47.3 Å². The number of rotatable bonds is 6. The van der Waals surface area contributed by atoms with Crippen LogP contribution in [0.15, 0.2) is 0 Å². The minimum absolute atomic E-state index is 0.238. The van der Waals surface area contributed by atoms with Gasteiger partial charge in [-0.2, -0.15) is 0 Å². The molecule has 0 unspecified atom stereocenters. The molecule has 1 fully saturated rings. The van der Waals surface area contributed by atoms with Gasteiger partial charge in [-0.15, -0.1) is 0 Å². The van der Waals surface area contributed by atoms with Gasteiger partial charge in [-0.1, -0.05) is 0 Å². The van der Waals surface area contributed by atoms with Gasteiger partial charge in [0.1, 0.15) is 0 Å². The Balaban J connectivity index is 2.12. The van der Waals surface area contributed by atoms with Gasteiger partial charge in [0.05, 0.1) is 0 Å². The van der Waals surface area contributed by atoms with Crippen molar-refractivity contribution in [1.29, 1.82) is 0 Å². The Kier molecular flexibility index (Phi) is 6.52. The van der Waals surface area contributed by atoms with Crippen LogP contribution >= 0.6 is 0 Å². The monoisotopic (exact) mass is 241 g/mol. The largest absolute Gasteiger partial charge is 0.349 e. The summed E-state index contributed by atoms with van der Waals surface area (Å²) >= 11 is 0. The van der Waals surface area contributed by atoms with Crippen LogP contribution in [0.3, 0.4) is 0 Å². The summed E-state index contributed by atoms with van der Waals surface area (Å²) in [5.41, 5.74) is 0. The van der Waals surface area contributed by atoms with E-state index < -0.39 is 0 Å². The normalized spacial score (nSPS) is 18.3. The van der Waals surface area contributed by atoms with Crippen molar-refractivity contribution in [3.05, 3.63) is 0 Å². The number of hydrogen-bond donors (Lipinski definition) is 1. The lowest BCUT2D eigenvalue weighted by molar-refractivity contribution is -0.129. The molecular weight excluding hydrogens is 214 g/mol. The van der Waals surface area contributed by atoms with Crippen LogP contribution in [0.4, 0.5) is 0 Å². The third-order valence-electron chi connectivity index (χ3n) is 3.65. The second kappa shape index (κ2) is 7.67. The number of nitrogens with zero attached hydrogens (tertiary/aromatic N) is 2. The second-order valence-corrected chi connectivity index (χ2v) is 5.22. The molecule has 0 saturated carbocycles. The number of nitrogens with one attached hydrogen (secondary N) is 1. The summed E-state index contributed by atoms with van der Waals surface area (Å²) in [5, 5.41) is 3.21. The van der Waals surface area contributed by atoms with Gasteiger partial charge in [0.15, 0.2) is 0 Å². The molecule has 100 valence electrons. The third kappa shape index (κ3) is 5.50. The molecule has 0 aromatic heterocycles. The van der Waals surface area contributed by atoms with E-state index in [2.05, 4.69) is 10.2 Å². The standard InChI is InChI=1S/C13H27N3O/c1-14-8-4-12-5-9-16(10-6-12)11-7-13(17)15(2)3/h12,14H,4-11H2,1-3H3. The first-order chi connectivity index (χ1) is 8.13. The summed E-state index contributed by atoms with van der Waals surface area (Å²) in [5.74, 6) is 1.12. The molecule has 0 radical (unpaired) electrons. The molecule has 0 atom stereocenters. The van der Waals surface area contributed by atoms with Gasteiger partial charge in [0.2, 0.25) is 5.91 Å². The molecule has 4 nitrogen and oxygen atoms in total. The van der Waals surface area contributed by atoms with Crippen molar-refractivity contribution in [3.8, 4) is 0 Å². The number of likely N-dealkylation sites (tertiary alicyclic amines) is 1. The lowest BCUT2D eigenvalue weighted by Gasteiger charge is -2.32. The zero-order valence-corrected chi connectivity index (χ0v) is 11.5. The van der Waals surface area contributed by atoms with Gasteiger partial charge in [0.25, 0.3) is 0 Å². The third-order valence-corrected chi connectivity index (χ3v) is 3.65. The average molecular weight is 241 g/mol. The molecule has 1 aliphatic heterocycles. The Bertz CT molecular complexity index is 223. The Labute approximate surface area is 105 Å². The predicted octanol–water partition coefficient (Wildman–Crippen LogP) is 0.786. The van der Waals surface area contributed by atoms with E-state index in [-0.39, 0.29) is 5.91 Å². The fourth-order valence-electron chi connectivity index (χ4n) is 2.32. The molecule has 1 rings (SSSR count). The smallest absolute Gasteiger partial charge is 0.223 e. The SMILES string of the molecule is CNCCC1CCN(CCC(=O)N(C)C)CC1. The van der Waals surface area contributed by atoms with E-state index in [0.717, 1.165) is 32.1 Å². The van der Waals surface area contributed by atoms with Crippen molar-refractivity contribution < 1.29 is 4.79 Å². The molecule has 1 saturated heterocycles. The molecule has 17 heavy (non-hydrogen) atoms. The number of hydrogen-bond acceptors (Lipinski definition) is 3. The van der Waals surface area contributed by atoms with Crippen LogP contribution in [0.5, 0.6) is 0 Å². The molecule has 0 spiro atoms. The van der Waals surface area contributed by atoms with E-state index in [1.54, 1.807) is 4.90 Å². The summed E-state index contributed by atoms with van der Waals surface area (Å²) in [6.07, 6.45) is 4.53. The Morgan fingerprint density at radius 1 is 1.35 bits per heavy atom. The van der Waals surface area contributed by atoms with Gasteiger partial charge in [-0.25, -0.2) is 0 Å². The van der Waals surface area contributed by atoms with Crippen LogP contribution in [0.2, 0.25) is 0 Å². The quantitative estimate of drug-likeness (QED) is 0.747. The first-order valence-corrected chi connectivity index (χ1v) is 6.70. The topological polar surface area (TPSA) is 35.6 Å². The molecule has 0 aromatic carbocycles. The van der Waals surface area contributed by atoms with Gasteiger partial charge in [-0.3, -0.25) is 4.79 Å². The first kappa shape index (κ1) is 14.5. The molecule has 0 aliphatic carbocycles. The highest BCUT2D eigenvalue weighted by atomic mass is 16.2. The van der Waals surface area contributed by atoms with Gasteiger partial charge < -0.3 is 15.1 Å². The minimum atomic E-state index is 0.238. The lowest BCUT2D eigenvalue weighted by atomic mass is 9.93. The fraction of sp³-hybridized carbons (Fsp3) is 0.923. The summed E-state index contributed by atoms with van der Waals surface area (Å²) in [6, 6.07) is 0. The van der Waals surface area contributed by atoms with Gasteiger partial charge >= 0.3 is 0 Å². The summed E-state index contributed by atoms with van der Waals surface area (Å²) in [7, 11) is 5.67.